The summed E-state index contributed by atoms with van der Waals surface area (Å²) in [7, 11) is -4.09. The highest BCUT2D eigenvalue weighted by Gasteiger charge is 2.12. The van der Waals surface area contributed by atoms with Crippen LogP contribution in [0.3, 0.4) is 0 Å². The molecule has 0 fully saturated rings. The summed E-state index contributed by atoms with van der Waals surface area (Å²) in [5.74, 6) is 0.476. The smallest absolute Gasteiger partial charge is 0.282 e. The van der Waals surface area contributed by atoms with Crippen molar-refractivity contribution >= 4 is 10.1 Å². The number of hydrogen-bond donors (Lipinski definition) is 1. The molecule has 0 bridgehead atoms. The first-order valence-corrected chi connectivity index (χ1v) is 12.0. The van der Waals surface area contributed by atoms with Crippen LogP contribution in [0.2, 0.25) is 0 Å². The average molecular weight is 383 g/mol. The van der Waals surface area contributed by atoms with E-state index in [4.69, 9.17) is 4.55 Å². The molecule has 1 N–H and O–H groups in total. The van der Waals surface area contributed by atoms with Crippen molar-refractivity contribution in [3.8, 4) is 0 Å². The van der Waals surface area contributed by atoms with E-state index in [9.17, 15) is 8.42 Å². The van der Waals surface area contributed by atoms with E-state index in [1.807, 2.05) is 12.1 Å². The van der Waals surface area contributed by atoms with Crippen LogP contribution < -0.4 is 0 Å². The highest BCUT2D eigenvalue weighted by molar-refractivity contribution is 7.85. The van der Waals surface area contributed by atoms with Gasteiger partial charge in [0.25, 0.3) is 10.1 Å². The van der Waals surface area contributed by atoms with E-state index in [1.165, 1.54) is 88.3 Å². The Labute approximate surface area is 161 Å². The highest BCUT2D eigenvalue weighted by Crippen LogP contribution is 2.27. The Kier molecular flexibility index (Phi) is 11.9. The maximum absolute atomic E-state index is 11.1. The topological polar surface area (TPSA) is 54.4 Å². The minimum atomic E-state index is -4.09. The fourth-order valence-electron chi connectivity index (χ4n) is 3.57. The zero-order chi connectivity index (χ0) is 19.3. The molecule has 0 saturated heterocycles. The second-order valence-corrected chi connectivity index (χ2v) is 8.90. The van der Waals surface area contributed by atoms with E-state index < -0.39 is 10.1 Å². The van der Waals surface area contributed by atoms with Crippen molar-refractivity contribution in [3.05, 3.63) is 29.8 Å². The normalized spacial score (nSPS) is 13.0. The standard InChI is InChI=1S/C22H38O3S/c1-3-5-6-7-8-9-10-11-12-13-14-15-20(4-2)21-16-18-22(19-17-21)26(23,24)25/h16-20H,3-15H2,1-2H3,(H,23,24,25). The molecule has 1 unspecified atom stereocenters. The molecule has 3 nitrogen and oxygen atoms in total. The maximum Gasteiger partial charge on any atom is 0.294 e. The van der Waals surface area contributed by atoms with Crippen molar-refractivity contribution in [1.82, 2.24) is 0 Å². The van der Waals surface area contributed by atoms with Gasteiger partial charge in [0.2, 0.25) is 0 Å². The van der Waals surface area contributed by atoms with E-state index in [2.05, 4.69) is 13.8 Å². The van der Waals surface area contributed by atoms with Gasteiger partial charge >= 0.3 is 0 Å². The molecule has 150 valence electrons. The molecule has 0 amide bonds. The van der Waals surface area contributed by atoms with E-state index in [1.54, 1.807) is 0 Å². The lowest BCUT2D eigenvalue weighted by molar-refractivity contribution is 0.483. The summed E-state index contributed by atoms with van der Waals surface area (Å²) in [6.45, 7) is 4.44. The van der Waals surface area contributed by atoms with Crippen LogP contribution in [0.25, 0.3) is 0 Å². The third-order valence-corrected chi connectivity index (χ3v) is 6.17. The van der Waals surface area contributed by atoms with Gasteiger partial charge in [-0.2, -0.15) is 8.42 Å². The second kappa shape index (κ2) is 13.3. The summed E-state index contributed by atoms with van der Waals surface area (Å²) in [6, 6.07) is 6.70. The molecule has 1 rings (SSSR count). The van der Waals surface area contributed by atoms with Gasteiger partial charge in [-0.15, -0.1) is 0 Å². The Bertz CT molecular complexity index is 564. The van der Waals surface area contributed by atoms with Crippen LogP contribution in [0.4, 0.5) is 0 Å². The monoisotopic (exact) mass is 382 g/mol. The molecule has 26 heavy (non-hydrogen) atoms. The van der Waals surface area contributed by atoms with Gasteiger partial charge in [0.05, 0.1) is 4.90 Å². The van der Waals surface area contributed by atoms with Gasteiger partial charge in [-0.25, -0.2) is 0 Å². The van der Waals surface area contributed by atoms with Crippen molar-refractivity contribution < 1.29 is 13.0 Å². The molecule has 0 aliphatic rings. The molecular formula is C22H38O3S. The zero-order valence-electron chi connectivity index (χ0n) is 16.8. The average Bonchev–Trinajstić information content (AvgIpc) is 2.62. The lowest BCUT2D eigenvalue weighted by Gasteiger charge is -2.15. The van der Waals surface area contributed by atoms with Crippen LogP contribution in [0.15, 0.2) is 29.2 Å². The minimum absolute atomic E-state index is 0.0224. The molecule has 0 aliphatic carbocycles. The Morgan fingerprint density at radius 3 is 1.65 bits per heavy atom. The molecule has 1 atom stereocenters. The molecule has 0 heterocycles. The largest absolute Gasteiger partial charge is 0.294 e. The second-order valence-electron chi connectivity index (χ2n) is 7.47. The number of rotatable bonds is 15. The molecule has 0 aromatic heterocycles. The summed E-state index contributed by atoms with van der Waals surface area (Å²) in [6.07, 6.45) is 17.1. The van der Waals surface area contributed by atoms with E-state index in [0.717, 1.165) is 12.8 Å². The third-order valence-electron chi connectivity index (χ3n) is 5.30. The summed E-state index contributed by atoms with van der Waals surface area (Å²) in [5, 5.41) is 0. The summed E-state index contributed by atoms with van der Waals surface area (Å²) < 4.78 is 31.3. The summed E-state index contributed by atoms with van der Waals surface area (Å²) in [5.41, 5.74) is 1.17. The zero-order valence-corrected chi connectivity index (χ0v) is 17.6. The van der Waals surface area contributed by atoms with Crippen molar-refractivity contribution in [2.45, 2.75) is 108 Å². The van der Waals surface area contributed by atoms with Gasteiger partial charge in [-0.05, 0) is 36.5 Å². The number of benzene rings is 1. The van der Waals surface area contributed by atoms with E-state index in [0.29, 0.717) is 5.92 Å². The van der Waals surface area contributed by atoms with E-state index in [-0.39, 0.29) is 4.90 Å². The SMILES string of the molecule is CCCCCCCCCCCCCC(CC)c1ccc(S(=O)(=O)O)cc1. The van der Waals surface area contributed by atoms with Gasteiger partial charge in [0.15, 0.2) is 0 Å². The third kappa shape index (κ3) is 9.72. The fraction of sp³-hybridized carbons (Fsp3) is 0.727. The molecule has 1 aromatic carbocycles. The molecule has 0 aliphatic heterocycles. The Hall–Kier alpha value is -0.870. The maximum atomic E-state index is 11.1. The van der Waals surface area contributed by atoms with Crippen LogP contribution in [-0.4, -0.2) is 13.0 Å². The van der Waals surface area contributed by atoms with E-state index >= 15 is 0 Å². The van der Waals surface area contributed by atoms with Crippen molar-refractivity contribution in [1.29, 1.82) is 0 Å². The predicted octanol–water partition coefficient (Wildman–Crippen LogP) is 7.13. The lowest BCUT2D eigenvalue weighted by atomic mass is 9.91. The van der Waals surface area contributed by atoms with Gasteiger partial charge < -0.3 is 0 Å². The van der Waals surface area contributed by atoms with Crippen LogP contribution in [0.5, 0.6) is 0 Å². The van der Waals surface area contributed by atoms with Gasteiger partial charge in [0.1, 0.15) is 0 Å². The number of hydrogen-bond acceptors (Lipinski definition) is 2. The number of unbranched alkanes of at least 4 members (excludes halogenated alkanes) is 10. The first-order valence-electron chi connectivity index (χ1n) is 10.6. The Morgan fingerprint density at radius 1 is 0.769 bits per heavy atom. The van der Waals surface area contributed by atoms with Crippen molar-refractivity contribution in [2.75, 3.05) is 0 Å². The van der Waals surface area contributed by atoms with Gasteiger partial charge in [0, 0.05) is 0 Å². The highest BCUT2D eigenvalue weighted by atomic mass is 32.2. The Balaban J connectivity index is 2.17. The quantitative estimate of drug-likeness (QED) is 0.259. The Morgan fingerprint density at radius 2 is 1.23 bits per heavy atom. The minimum Gasteiger partial charge on any atom is -0.282 e. The van der Waals surface area contributed by atoms with Crippen LogP contribution in [-0.2, 0) is 10.1 Å². The molecule has 0 saturated carbocycles. The first kappa shape index (κ1) is 23.2. The molecule has 0 spiro atoms. The van der Waals surface area contributed by atoms with Gasteiger partial charge in [-0.3, -0.25) is 4.55 Å². The molecule has 0 radical (unpaired) electrons. The predicted molar refractivity (Wildman–Crippen MR) is 110 cm³/mol. The summed E-state index contributed by atoms with van der Waals surface area (Å²) in [4.78, 5) is -0.0224. The fourth-order valence-corrected chi connectivity index (χ4v) is 4.05. The first-order chi connectivity index (χ1) is 12.5. The lowest BCUT2D eigenvalue weighted by Crippen LogP contribution is -2.01. The molecular weight excluding hydrogens is 344 g/mol. The summed E-state index contributed by atoms with van der Waals surface area (Å²) >= 11 is 0. The van der Waals surface area contributed by atoms with Crippen LogP contribution >= 0.6 is 0 Å². The van der Waals surface area contributed by atoms with Gasteiger partial charge in [-0.1, -0.05) is 96.6 Å². The van der Waals surface area contributed by atoms with Crippen LogP contribution in [0, 0.1) is 0 Å². The van der Waals surface area contributed by atoms with Crippen LogP contribution in [0.1, 0.15) is 109 Å². The molecule has 1 aromatic rings. The van der Waals surface area contributed by atoms with Crippen molar-refractivity contribution in [3.63, 3.8) is 0 Å². The molecule has 4 heteroatoms. The van der Waals surface area contributed by atoms with Crippen molar-refractivity contribution in [2.24, 2.45) is 0 Å².